The molecule has 0 bridgehead atoms. The maximum atomic E-state index is 13.7. The average Bonchev–Trinajstić information content (AvgIpc) is 2.96. The average molecular weight is 487 g/mol. The largest absolute Gasteiger partial charge is 0.489 e. The molecule has 2 fully saturated rings. The molecule has 3 atom stereocenters. The normalized spacial score (nSPS) is 25.8. The SMILES string of the molecule is C[C@H]1[C@@H](O)CCN1c1nc(Cl)c(Cl)c2c1C(=O)N1CCN(C(=O)OC(C)(C)C)C[C@@H]1CO2. The fraction of sp³-hybridized carbons (Fsp3) is 0.667. The number of ether oxygens (including phenoxy) is 2. The molecule has 0 aromatic carbocycles. The van der Waals surface area contributed by atoms with Gasteiger partial charge >= 0.3 is 6.09 Å². The number of amides is 2. The van der Waals surface area contributed by atoms with Gasteiger partial charge in [0.2, 0.25) is 0 Å². The molecule has 0 radical (unpaired) electrons. The molecule has 1 aromatic heterocycles. The molecule has 0 saturated carbocycles. The third-order valence-electron chi connectivity index (χ3n) is 6.05. The number of hydrogen-bond donors (Lipinski definition) is 1. The second kappa shape index (κ2) is 8.43. The summed E-state index contributed by atoms with van der Waals surface area (Å²) in [4.78, 5) is 35.8. The van der Waals surface area contributed by atoms with Crippen molar-refractivity contribution in [3.63, 3.8) is 0 Å². The van der Waals surface area contributed by atoms with E-state index in [0.717, 1.165) is 0 Å². The summed E-state index contributed by atoms with van der Waals surface area (Å²) >= 11 is 12.7. The highest BCUT2D eigenvalue weighted by atomic mass is 35.5. The molecule has 4 heterocycles. The molecule has 32 heavy (non-hydrogen) atoms. The number of piperazine rings is 1. The predicted octanol–water partition coefficient (Wildman–Crippen LogP) is 2.80. The number of anilines is 1. The van der Waals surface area contributed by atoms with Crippen LogP contribution in [0.15, 0.2) is 0 Å². The summed E-state index contributed by atoms with van der Waals surface area (Å²) in [6.45, 7) is 8.93. The molecule has 3 aliphatic heterocycles. The Hall–Kier alpha value is -1.97. The van der Waals surface area contributed by atoms with Crippen LogP contribution in [0.25, 0.3) is 0 Å². The molecule has 2 amide bonds. The van der Waals surface area contributed by atoms with Crippen LogP contribution in [0.5, 0.6) is 5.75 Å². The van der Waals surface area contributed by atoms with E-state index in [2.05, 4.69) is 4.98 Å². The highest BCUT2D eigenvalue weighted by Crippen LogP contribution is 2.43. The Labute approximate surface area is 197 Å². The molecule has 11 heteroatoms. The van der Waals surface area contributed by atoms with Gasteiger partial charge in [-0.15, -0.1) is 0 Å². The fourth-order valence-corrected chi connectivity index (χ4v) is 4.70. The van der Waals surface area contributed by atoms with E-state index in [0.29, 0.717) is 31.9 Å². The lowest BCUT2D eigenvalue weighted by Crippen LogP contribution is -2.58. The van der Waals surface area contributed by atoms with Crippen LogP contribution in [-0.4, -0.2) is 88.5 Å². The van der Waals surface area contributed by atoms with Crippen molar-refractivity contribution in [1.82, 2.24) is 14.8 Å². The lowest BCUT2D eigenvalue weighted by molar-refractivity contribution is 0.000955. The first kappa shape index (κ1) is 23.2. The molecular weight excluding hydrogens is 459 g/mol. The van der Waals surface area contributed by atoms with Crippen LogP contribution < -0.4 is 9.64 Å². The Kier molecular flexibility index (Phi) is 6.11. The van der Waals surface area contributed by atoms with E-state index in [9.17, 15) is 14.7 Å². The minimum Gasteiger partial charge on any atom is -0.489 e. The quantitative estimate of drug-likeness (QED) is 0.609. The van der Waals surface area contributed by atoms with E-state index < -0.39 is 17.8 Å². The van der Waals surface area contributed by atoms with Crippen LogP contribution in [-0.2, 0) is 4.74 Å². The molecule has 0 unspecified atom stereocenters. The maximum absolute atomic E-state index is 13.7. The van der Waals surface area contributed by atoms with E-state index in [-0.39, 0.29) is 52.6 Å². The summed E-state index contributed by atoms with van der Waals surface area (Å²) in [5.41, 5.74) is -0.365. The number of nitrogens with zero attached hydrogens (tertiary/aromatic N) is 4. The standard InChI is InChI=1S/C21H28Cl2N4O5/c1-11-13(28)5-6-26(11)18-14-16(15(22)17(23)24-18)31-10-12-9-25(7-8-27(12)19(14)29)20(30)32-21(2,3)4/h11-13,28H,5-10H2,1-4H3/t11-,12+,13-/m0/s1. The van der Waals surface area contributed by atoms with Gasteiger partial charge in [0.25, 0.3) is 5.91 Å². The van der Waals surface area contributed by atoms with Crippen LogP contribution in [0.2, 0.25) is 10.2 Å². The summed E-state index contributed by atoms with van der Waals surface area (Å²) in [7, 11) is 0. The van der Waals surface area contributed by atoms with E-state index in [1.807, 2.05) is 32.6 Å². The summed E-state index contributed by atoms with van der Waals surface area (Å²) in [5, 5.41) is 10.3. The Morgan fingerprint density at radius 3 is 2.56 bits per heavy atom. The first-order valence-corrected chi connectivity index (χ1v) is 11.5. The van der Waals surface area contributed by atoms with Crippen molar-refractivity contribution < 1.29 is 24.2 Å². The van der Waals surface area contributed by atoms with Gasteiger partial charge in [-0.1, -0.05) is 23.2 Å². The molecule has 2 saturated heterocycles. The summed E-state index contributed by atoms with van der Waals surface area (Å²) < 4.78 is 11.5. The first-order chi connectivity index (χ1) is 15.0. The minimum absolute atomic E-state index is 0.0389. The zero-order chi connectivity index (χ0) is 23.4. The number of aromatic nitrogens is 1. The van der Waals surface area contributed by atoms with Gasteiger partial charge in [0.1, 0.15) is 28.6 Å². The zero-order valence-corrected chi connectivity index (χ0v) is 20.1. The number of pyridine rings is 1. The van der Waals surface area contributed by atoms with Crippen molar-refractivity contribution in [2.75, 3.05) is 37.7 Å². The topological polar surface area (TPSA) is 95.4 Å². The molecule has 176 valence electrons. The molecule has 1 aromatic rings. The van der Waals surface area contributed by atoms with Gasteiger partial charge in [0.05, 0.1) is 18.2 Å². The van der Waals surface area contributed by atoms with Gasteiger partial charge in [-0.3, -0.25) is 4.79 Å². The van der Waals surface area contributed by atoms with Crippen LogP contribution >= 0.6 is 23.2 Å². The Bertz CT molecular complexity index is 938. The van der Waals surface area contributed by atoms with E-state index in [1.54, 1.807) is 9.80 Å². The summed E-state index contributed by atoms with van der Waals surface area (Å²) in [6.07, 6.45) is -0.395. The zero-order valence-electron chi connectivity index (χ0n) is 18.6. The molecule has 3 aliphatic rings. The molecule has 1 N–H and O–H groups in total. The second-order valence-electron chi connectivity index (χ2n) is 9.42. The van der Waals surface area contributed by atoms with Gasteiger partial charge in [-0.2, -0.15) is 0 Å². The molecule has 0 spiro atoms. The van der Waals surface area contributed by atoms with Crippen molar-refractivity contribution in [1.29, 1.82) is 0 Å². The smallest absolute Gasteiger partial charge is 0.410 e. The van der Waals surface area contributed by atoms with E-state index in [4.69, 9.17) is 32.7 Å². The number of fused-ring (bicyclic) bond motifs is 2. The highest BCUT2D eigenvalue weighted by molar-refractivity contribution is 6.42. The monoisotopic (exact) mass is 486 g/mol. The van der Waals surface area contributed by atoms with E-state index >= 15 is 0 Å². The lowest BCUT2D eigenvalue weighted by atomic mass is 10.1. The highest BCUT2D eigenvalue weighted by Gasteiger charge is 2.42. The van der Waals surface area contributed by atoms with Crippen LogP contribution in [0.1, 0.15) is 44.5 Å². The summed E-state index contributed by atoms with van der Waals surface area (Å²) in [6, 6.07) is -0.611. The first-order valence-electron chi connectivity index (χ1n) is 10.7. The Morgan fingerprint density at radius 2 is 1.94 bits per heavy atom. The van der Waals surface area contributed by atoms with Gasteiger partial charge in [0.15, 0.2) is 10.9 Å². The molecule has 4 rings (SSSR count). The Balaban J connectivity index is 1.65. The van der Waals surface area contributed by atoms with Gasteiger partial charge in [0, 0.05) is 26.2 Å². The van der Waals surface area contributed by atoms with Crippen LogP contribution in [0.4, 0.5) is 10.6 Å². The van der Waals surface area contributed by atoms with Crippen LogP contribution in [0, 0.1) is 0 Å². The fourth-order valence-electron chi connectivity index (χ4n) is 4.34. The minimum atomic E-state index is -0.609. The number of aliphatic hydroxyl groups is 1. The van der Waals surface area contributed by atoms with Crippen molar-refractivity contribution >= 4 is 41.0 Å². The second-order valence-corrected chi connectivity index (χ2v) is 10.2. The van der Waals surface area contributed by atoms with Crippen molar-refractivity contribution in [2.24, 2.45) is 0 Å². The number of carbonyl (C=O) groups excluding carboxylic acids is 2. The van der Waals surface area contributed by atoms with Gasteiger partial charge < -0.3 is 29.3 Å². The number of halogens is 2. The molecule has 9 nitrogen and oxygen atoms in total. The van der Waals surface area contributed by atoms with Crippen molar-refractivity contribution in [3.8, 4) is 5.75 Å². The number of rotatable bonds is 1. The molecular formula is C21H28Cl2N4O5. The third-order valence-corrected chi connectivity index (χ3v) is 6.77. The van der Waals surface area contributed by atoms with E-state index in [1.165, 1.54) is 0 Å². The number of carbonyl (C=O) groups is 2. The van der Waals surface area contributed by atoms with Gasteiger partial charge in [-0.25, -0.2) is 9.78 Å². The van der Waals surface area contributed by atoms with Crippen molar-refractivity contribution in [2.45, 2.75) is 57.9 Å². The third kappa shape index (κ3) is 4.18. The summed E-state index contributed by atoms with van der Waals surface area (Å²) in [5.74, 6) is 0.276. The predicted molar refractivity (Wildman–Crippen MR) is 120 cm³/mol. The number of hydrogen-bond acceptors (Lipinski definition) is 7. The Morgan fingerprint density at radius 1 is 1.22 bits per heavy atom. The van der Waals surface area contributed by atoms with Gasteiger partial charge in [-0.05, 0) is 34.1 Å². The number of aliphatic hydroxyl groups excluding tert-OH is 1. The van der Waals surface area contributed by atoms with Crippen molar-refractivity contribution in [3.05, 3.63) is 15.7 Å². The maximum Gasteiger partial charge on any atom is 0.410 e. The lowest BCUT2D eigenvalue weighted by Gasteiger charge is -2.40. The molecule has 0 aliphatic carbocycles. The van der Waals surface area contributed by atoms with Crippen LogP contribution in [0.3, 0.4) is 0 Å².